The molecule has 2 heterocycles. The van der Waals surface area contributed by atoms with E-state index in [1.54, 1.807) is 18.2 Å². The number of benzene rings is 1. The maximum Gasteiger partial charge on any atom is 0.337 e. The Kier molecular flexibility index (Phi) is 4.31. The fraction of sp³-hybridized carbons (Fsp3) is 0.214. The van der Waals surface area contributed by atoms with Gasteiger partial charge in [0, 0.05) is 6.54 Å². The highest BCUT2D eigenvalue weighted by atomic mass is 32.2. The van der Waals surface area contributed by atoms with Crippen LogP contribution in [0.2, 0.25) is 0 Å². The van der Waals surface area contributed by atoms with Crippen LogP contribution < -0.4 is 14.2 Å². The number of aromatic nitrogens is 4. The van der Waals surface area contributed by atoms with Gasteiger partial charge in [-0.1, -0.05) is 6.07 Å². The molecule has 1 aromatic carbocycles. The molecule has 0 aliphatic carbocycles. The lowest BCUT2D eigenvalue weighted by Gasteiger charge is -2.09. The zero-order valence-corrected chi connectivity index (χ0v) is 14.2. The number of phenols is 1. The average molecular weight is 365 g/mol. The summed E-state index contributed by atoms with van der Waals surface area (Å²) in [6, 6.07) is 4.62. The lowest BCUT2D eigenvalue weighted by molar-refractivity contribution is 0.373. The highest BCUT2D eigenvalue weighted by Gasteiger charge is 2.14. The van der Waals surface area contributed by atoms with Crippen LogP contribution in [0.25, 0.3) is 11.2 Å². The third kappa shape index (κ3) is 3.88. The molecule has 25 heavy (non-hydrogen) atoms. The van der Waals surface area contributed by atoms with Crippen molar-refractivity contribution >= 4 is 27.1 Å². The maximum absolute atomic E-state index is 11.3. The summed E-state index contributed by atoms with van der Waals surface area (Å²) in [4.78, 5) is 14.8. The van der Waals surface area contributed by atoms with E-state index in [0.717, 1.165) is 11.8 Å². The van der Waals surface area contributed by atoms with Crippen molar-refractivity contribution < 1.29 is 22.4 Å². The first-order valence-corrected chi connectivity index (χ1v) is 8.87. The molecule has 0 saturated heterocycles. The molecule has 0 unspecified atom stereocenters. The van der Waals surface area contributed by atoms with Gasteiger partial charge in [-0.2, -0.15) is 18.4 Å². The van der Waals surface area contributed by atoms with E-state index in [1.165, 1.54) is 13.4 Å². The number of fused-ring (bicyclic) bond motifs is 1. The van der Waals surface area contributed by atoms with Gasteiger partial charge in [-0.25, -0.2) is 4.98 Å². The van der Waals surface area contributed by atoms with Crippen molar-refractivity contribution in [1.82, 2.24) is 19.9 Å². The van der Waals surface area contributed by atoms with Gasteiger partial charge in [-0.15, -0.1) is 0 Å². The number of anilines is 1. The predicted molar refractivity (Wildman–Crippen MR) is 89.1 cm³/mol. The molecular weight excluding hydrogens is 350 g/mol. The molecule has 0 spiro atoms. The standard InChI is InChI=1S/C14H15N5O5S/c1-23-10-4-3-8(5-9(10)20)6-15-12-11-13(17-7-16-11)19-14(18-12)24-25(2,21)22/h3-5,7,20H,6H2,1-2H3,(H2,15,16,17,18,19). The lowest BCUT2D eigenvalue weighted by Crippen LogP contribution is -2.10. The molecule has 0 saturated carbocycles. The van der Waals surface area contributed by atoms with Crippen LogP contribution >= 0.6 is 0 Å². The molecule has 0 aliphatic heterocycles. The molecule has 0 atom stereocenters. The van der Waals surface area contributed by atoms with Crippen molar-refractivity contribution in [3.8, 4) is 17.5 Å². The Morgan fingerprint density at radius 1 is 1.32 bits per heavy atom. The Bertz CT molecular complexity index is 1020. The number of ether oxygens (including phenoxy) is 1. The molecule has 3 aromatic rings. The van der Waals surface area contributed by atoms with Crippen LogP contribution in [0.1, 0.15) is 5.56 Å². The Balaban J connectivity index is 1.87. The van der Waals surface area contributed by atoms with Crippen molar-refractivity contribution in [3.05, 3.63) is 30.1 Å². The molecule has 0 fully saturated rings. The summed E-state index contributed by atoms with van der Waals surface area (Å²) in [6.45, 7) is 0.307. The largest absolute Gasteiger partial charge is 0.504 e. The molecule has 132 valence electrons. The van der Waals surface area contributed by atoms with Gasteiger partial charge in [0.1, 0.15) is 5.52 Å². The number of aromatic amines is 1. The molecule has 0 bridgehead atoms. The first-order valence-electron chi connectivity index (χ1n) is 7.06. The summed E-state index contributed by atoms with van der Waals surface area (Å²) in [6.07, 6.45) is 2.31. The van der Waals surface area contributed by atoms with E-state index in [1.807, 2.05) is 0 Å². The van der Waals surface area contributed by atoms with Crippen molar-refractivity contribution in [2.24, 2.45) is 0 Å². The number of phenolic OH excluding ortho intramolecular Hbond substituents is 1. The van der Waals surface area contributed by atoms with Gasteiger partial charge in [0.25, 0.3) is 0 Å². The summed E-state index contributed by atoms with van der Waals surface area (Å²) in [5, 5.41) is 12.8. The summed E-state index contributed by atoms with van der Waals surface area (Å²) in [5.41, 5.74) is 1.52. The molecule has 10 nitrogen and oxygen atoms in total. The first kappa shape index (κ1) is 16.8. The van der Waals surface area contributed by atoms with E-state index < -0.39 is 10.1 Å². The Morgan fingerprint density at radius 3 is 2.80 bits per heavy atom. The van der Waals surface area contributed by atoms with E-state index in [4.69, 9.17) is 8.92 Å². The van der Waals surface area contributed by atoms with E-state index in [9.17, 15) is 13.5 Å². The summed E-state index contributed by atoms with van der Waals surface area (Å²) < 4.78 is 32.3. The number of rotatable bonds is 6. The second kappa shape index (κ2) is 6.43. The SMILES string of the molecule is COc1ccc(CNc2nc(OS(C)(=O)=O)nc3nc[nH]c23)cc1O. The fourth-order valence-corrected chi connectivity index (χ4v) is 2.49. The van der Waals surface area contributed by atoms with E-state index in [-0.39, 0.29) is 17.4 Å². The topological polar surface area (TPSA) is 139 Å². The smallest absolute Gasteiger partial charge is 0.337 e. The Hall–Kier alpha value is -3.08. The Morgan fingerprint density at radius 2 is 2.12 bits per heavy atom. The van der Waals surface area contributed by atoms with E-state index in [2.05, 4.69) is 25.3 Å². The highest BCUT2D eigenvalue weighted by Crippen LogP contribution is 2.27. The quantitative estimate of drug-likeness (QED) is 0.546. The molecule has 0 radical (unpaired) electrons. The van der Waals surface area contributed by atoms with Gasteiger partial charge in [0.15, 0.2) is 23.0 Å². The molecular formula is C14H15N5O5S. The van der Waals surface area contributed by atoms with Crippen LogP contribution in [0.5, 0.6) is 17.5 Å². The van der Waals surface area contributed by atoms with E-state index >= 15 is 0 Å². The number of methoxy groups -OCH3 is 1. The normalized spacial score (nSPS) is 11.4. The third-order valence-electron chi connectivity index (χ3n) is 3.19. The summed E-state index contributed by atoms with van der Waals surface area (Å²) >= 11 is 0. The number of imidazole rings is 1. The van der Waals surface area contributed by atoms with Crippen molar-refractivity contribution in [3.63, 3.8) is 0 Å². The number of hydrogen-bond donors (Lipinski definition) is 3. The van der Waals surface area contributed by atoms with Gasteiger partial charge in [0.2, 0.25) is 0 Å². The highest BCUT2D eigenvalue weighted by molar-refractivity contribution is 7.86. The number of hydrogen-bond acceptors (Lipinski definition) is 9. The van der Waals surface area contributed by atoms with Gasteiger partial charge in [-0.05, 0) is 17.7 Å². The van der Waals surface area contributed by atoms with Crippen LogP contribution in [0.4, 0.5) is 5.82 Å². The zero-order valence-electron chi connectivity index (χ0n) is 13.3. The van der Waals surface area contributed by atoms with Crippen LogP contribution in [0.15, 0.2) is 24.5 Å². The predicted octanol–water partition coefficient (Wildman–Crippen LogP) is 1.02. The second-order valence-corrected chi connectivity index (χ2v) is 6.68. The van der Waals surface area contributed by atoms with Gasteiger partial charge < -0.3 is 24.3 Å². The minimum Gasteiger partial charge on any atom is -0.504 e. The third-order valence-corrected chi connectivity index (χ3v) is 3.65. The van der Waals surface area contributed by atoms with Gasteiger partial charge in [-0.3, -0.25) is 0 Å². The molecule has 3 rings (SSSR count). The first-order chi connectivity index (χ1) is 11.9. The zero-order chi connectivity index (χ0) is 18.0. The lowest BCUT2D eigenvalue weighted by atomic mass is 10.2. The van der Waals surface area contributed by atoms with Crippen LogP contribution in [-0.4, -0.2) is 46.8 Å². The minimum absolute atomic E-state index is 0.0114. The van der Waals surface area contributed by atoms with Crippen LogP contribution in [0.3, 0.4) is 0 Å². The van der Waals surface area contributed by atoms with E-state index in [0.29, 0.717) is 23.6 Å². The average Bonchev–Trinajstić information content (AvgIpc) is 2.99. The van der Waals surface area contributed by atoms with Crippen molar-refractivity contribution in [1.29, 1.82) is 0 Å². The fourth-order valence-electron chi connectivity index (χ4n) is 2.15. The molecule has 2 aromatic heterocycles. The molecule has 3 N–H and O–H groups in total. The molecule has 11 heteroatoms. The van der Waals surface area contributed by atoms with Crippen molar-refractivity contribution in [2.45, 2.75) is 6.54 Å². The van der Waals surface area contributed by atoms with Crippen LogP contribution in [0, 0.1) is 0 Å². The maximum atomic E-state index is 11.3. The minimum atomic E-state index is -3.76. The van der Waals surface area contributed by atoms with Crippen molar-refractivity contribution in [2.75, 3.05) is 18.7 Å². The number of H-pyrrole nitrogens is 1. The number of nitrogens with zero attached hydrogens (tertiary/aromatic N) is 3. The molecule has 0 amide bonds. The second-order valence-electron chi connectivity index (χ2n) is 5.10. The number of nitrogens with one attached hydrogen (secondary N) is 2. The molecule has 0 aliphatic rings. The monoisotopic (exact) mass is 365 g/mol. The summed E-state index contributed by atoms with van der Waals surface area (Å²) in [7, 11) is -2.30. The Labute approximate surface area is 143 Å². The van der Waals surface area contributed by atoms with Crippen LogP contribution in [-0.2, 0) is 16.7 Å². The van der Waals surface area contributed by atoms with Gasteiger partial charge in [0.05, 0.1) is 19.7 Å². The van der Waals surface area contributed by atoms with Gasteiger partial charge >= 0.3 is 16.1 Å². The summed E-state index contributed by atoms with van der Waals surface area (Å²) in [5.74, 6) is 0.694. The number of aromatic hydroxyl groups is 1.